The van der Waals surface area contributed by atoms with Gasteiger partial charge in [0.15, 0.2) is 0 Å². The molecular weight excluding hydrogens is 594 g/mol. The van der Waals surface area contributed by atoms with Crippen molar-refractivity contribution in [1.29, 1.82) is 0 Å². The third-order valence-electron chi connectivity index (χ3n) is 6.86. The first kappa shape index (κ1) is 38.8. The molecule has 0 aliphatic carbocycles. The van der Waals surface area contributed by atoms with Gasteiger partial charge in [0.05, 0.1) is 39.8 Å². The molecule has 0 bridgehead atoms. The molecule has 4 atom stereocenters. The normalized spacial score (nSPS) is 16.2. The molecule has 1 saturated heterocycles. The first-order chi connectivity index (χ1) is 21.2. The van der Waals surface area contributed by atoms with Gasteiger partial charge < -0.3 is 40.4 Å². The summed E-state index contributed by atoms with van der Waals surface area (Å²) in [7, 11) is 2.16. The number of carbonyl (C=O) groups is 8. The van der Waals surface area contributed by atoms with E-state index in [1.54, 1.807) is 20.8 Å². The highest BCUT2D eigenvalue weighted by Crippen LogP contribution is 2.21. The molecule has 254 valence electrons. The first-order valence-electron chi connectivity index (χ1n) is 15.0. The lowest BCUT2D eigenvalue weighted by atomic mass is 10.0. The number of rotatable bonds is 17. The van der Waals surface area contributed by atoms with Crippen molar-refractivity contribution >= 4 is 47.4 Å². The lowest BCUT2D eigenvalue weighted by molar-refractivity contribution is -0.150. The molecule has 1 aliphatic heterocycles. The molecule has 16 heteroatoms. The lowest BCUT2D eigenvalue weighted by Gasteiger charge is -2.31. The molecule has 16 nitrogen and oxygen atoms in total. The Morgan fingerprint density at radius 2 is 1.56 bits per heavy atom. The van der Waals surface area contributed by atoms with Crippen molar-refractivity contribution < 1.29 is 52.6 Å². The zero-order valence-electron chi connectivity index (χ0n) is 27.1. The van der Waals surface area contributed by atoms with Gasteiger partial charge in [-0.1, -0.05) is 41.0 Å². The number of nitrogens with zero attached hydrogens (tertiary/aromatic N) is 1. The van der Waals surface area contributed by atoms with Gasteiger partial charge in [0.25, 0.3) is 5.91 Å². The van der Waals surface area contributed by atoms with E-state index in [0.717, 1.165) is 14.2 Å². The predicted octanol–water partition coefficient (Wildman–Crippen LogP) is -0.425. The molecule has 1 unspecified atom stereocenters. The Hall–Kier alpha value is -4.24. The van der Waals surface area contributed by atoms with Gasteiger partial charge in [-0.05, 0) is 31.1 Å². The van der Waals surface area contributed by atoms with E-state index in [-0.39, 0.29) is 31.4 Å². The highest BCUT2D eigenvalue weighted by Gasteiger charge is 2.40. The number of nitrogens with one attached hydrogen (secondary N) is 4. The van der Waals surface area contributed by atoms with E-state index in [0.29, 0.717) is 19.3 Å². The minimum Gasteiger partial charge on any atom is -0.469 e. The number of methoxy groups -OCH3 is 2. The number of ketones is 1. The van der Waals surface area contributed by atoms with Gasteiger partial charge in [0, 0.05) is 6.54 Å². The fourth-order valence-corrected chi connectivity index (χ4v) is 4.47. The number of likely N-dealkylation sites (tertiary alicyclic amines) is 1. The predicted molar refractivity (Wildman–Crippen MR) is 158 cm³/mol. The van der Waals surface area contributed by atoms with Crippen LogP contribution in [-0.2, 0) is 47.8 Å². The van der Waals surface area contributed by atoms with Crippen LogP contribution in [0.3, 0.4) is 0 Å². The maximum absolute atomic E-state index is 13.4. The topological polar surface area (TPSA) is 216 Å². The minimum atomic E-state index is -1.37. The van der Waals surface area contributed by atoms with Crippen LogP contribution in [0.25, 0.3) is 0 Å². The van der Waals surface area contributed by atoms with E-state index in [1.165, 1.54) is 4.90 Å². The number of alkyl carbamates (subject to hydrolysis) is 1. The summed E-state index contributed by atoms with van der Waals surface area (Å²) in [4.78, 5) is 102. The quantitative estimate of drug-likeness (QED) is 0.0908. The summed E-state index contributed by atoms with van der Waals surface area (Å²) in [5, 5.41) is 9.53. The Morgan fingerprint density at radius 1 is 0.889 bits per heavy atom. The fraction of sp³-hybridized carbons (Fsp3) is 0.724. The molecule has 4 N–H and O–H groups in total. The summed E-state index contributed by atoms with van der Waals surface area (Å²) >= 11 is 0. The largest absolute Gasteiger partial charge is 0.469 e. The van der Waals surface area contributed by atoms with Crippen LogP contribution in [0.4, 0.5) is 4.79 Å². The van der Waals surface area contributed by atoms with Crippen molar-refractivity contribution in [2.24, 2.45) is 11.8 Å². The Balaban J connectivity index is 2.88. The average Bonchev–Trinajstić information content (AvgIpc) is 3.49. The van der Waals surface area contributed by atoms with Gasteiger partial charge in [0.1, 0.15) is 18.1 Å². The number of ether oxygens (including phenoxy) is 3. The molecule has 5 amide bonds. The summed E-state index contributed by atoms with van der Waals surface area (Å²) in [5.74, 6) is -6.06. The second-order valence-electron chi connectivity index (χ2n) is 11.4. The van der Waals surface area contributed by atoms with Crippen molar-refractivity contribution in [3.8, 4) is 0 Å². The van der Waals surface area contributed by atoms with Crippen molar-refractivity contribution in [2.75, 3.05) is 33.9 Å². The Labute approximate surface area is 263 Å². The molecule has 1 aliphatic rings. The standard InChI is InChI=1S/C29H47N5O11/c1-8-10-18(24(37)26(39)30-14-21(35)31-19(28(41)44-7)13-22(36)43-6)32-25(38)20-11-9-12-34(20)27(40)23(17(4)5)33-29(42)45-15-16(2)3/h16-20,23H,8-15H2,1-7H3,(H,30,39)(H,31,35)(H,32,38)(H,33,42)/t18?,19-,20-,23-/m0/s1. The Morgan fingerprint density at radius 3 is 2.11 bits per heavy atom. The second kappa shape index (κ2) is 19.2. The zero-order valence-corrected chi connectivity index (χ0v) is 27.1. The van der Waals surface area contributed by atoms with Crippen LogP contribution in [0.5, 0.6) is 0 Å². The highest BCUT2D eigenvalue weighted by atomic mass is 16.5. The van der Waals surface area contributed by atoms with Gasteiger partial charge in [0.2, 0.25) is 23.5 Å². The van der Waals surface area contributed by atoms with E-state index < -0.39 is 84.6 Å². The van der Waals surface area contributed by atoms with Crippen LogP contribution in [-0.4, -0.2) is 110 Å². The molecule has 1 heterocycles. The SMILES string of the molecule is CCCC(NC(=O)[C@@H]1CCCN1C(=O)[C@@H](NC(=O)OCC(C)C)C(C)C)C(=O)C(=O)NCC(=O)N[C@@H](CC(=O)OC)C(=O)OC. The van der Waals surface area contributed by atoms with E-state index in [9.17, 15) is 38.4 Å². The lowest BCUT2D eigenvalue weighted by Crippen LogP contribution is -2.57. The van der Waals surface area contributed by atoms with Crippen LogP contribution in [0.1, 0.15) is 66.7 Å². The molecule has 0 aromatic rings. The van der Waals surface area contributed by atoms with Crippen molar-refractivity contribution in [3.05, 3.63) is 0 Å². The Kier molecular flexibility index (Phi) is 16.6. The number of hydrogen-bond donors (Lipinski definition) is 4. The summed E-state index contributed by atoms with van der Waals surface area (Å²) in [6.45, 7) is 8.72. The minimum absolute atomic E-state index is 0.102. The van der Waals surface area contributed by atoms with Gasteiger partial charge in [-0.3, -0.25) is 28.8 Å². The molecule has 1 rings (SSSR count). The first-order valence-corrected chi connectivity index (χ1v) is 15.0. The van der Waals surface area contributed by atoms with Gasteiger partial charge in [-0.25, -0.2) is 9.59 Å². The number of esters is 2. The average molecular weight is 642 g/mol. The molecule has 1 fully saturated rings. The van der Waals surface area contributed by atoms with E-state index in [2.05, 4.69) is 30.7 Å². The van der Waals surface area contributed by atoms with Gasteiger partial charge in [-0.2, -0.15) is 0 Å². The maximum atomic E-state index is 13.4. The van der Waals surface area contributed by atoms with Crippen LogP contribution in [0.2, 0.25) is 0 Å². The second-order valence-corrected chi connectivity index (χ2v) is 11.4. The van der Waals surface area contributed by atoms with Crippen molar-refractivity contribution in [3.63, 3.8) is 0 Å². The van der Waals surface area contributed by atoms with Crippen LogP contribution in [0, 0.1) is 11.8 Å². The number of carbonyl (C=O) groups excluding carboxylic acids is 8. The van der Waals surface area contributed by atoms with Gasteiger partial charge in [-0.15, -0.1) is 0 Å². The summed E-state index contributed by atoms with van der Waals surface area (Å²) in [5.41, 5.74) is 0. The maximum Gasteiger partial charge on any atom is 0.407 e. The fourth-order valence-electron chi connectivity index (χ4n) is 4.47. The molecule has 0 aromatic heterocycles. The van der Waals surface area contributed by atoms with E-state index in [1.807, 2.05) is 13.8 Å². The third-order valence-corrected chi connectivity index (χ3v) is 6.86. The van der Waals surface area contributed by atoms with Crippen molar-refractivity contribution in [1.82, 2.24) is 26.2 Å². The molecule has 0 radical (unpaired) electrons. The zero-order chi connectivity index (χ0) is 34.3. The molecule has 0 spiro atoms. The molecule has 0 aromatic carbocycles. The summed E-state index contributed by atoms with van der Waals surface area (Å²) in [6.07, 6.45) is 0.0942. The highest BCUT2D eigenvalue weighted by molar-refractivity contribution is 6.38. The summed E-state index contributed by atoms with van der Waals surface area (Å²) < 4.78 is 14.2. The summed E-state index contributed by atoms with van der Waals surface area (Å²) in [6, 6.07) is -4.49. The molecule has 45 heavy (non-hydrogen) atoms. The number of hydrogen-bond acceptors (Lipinski definition) is 11. The van der Waals surface area contributed by atoms with Crippen LogP contribution >= 0.6 is 0 Å². The van der Waals surface area contributed by atoms with Gasteiger partial charge >= 0.3 is 18.0 Å². The van der Waals surface area contributed by atoms with E-state index >= 15 is 0 Å². The monoisotopic (exact) mass is 641 g/mol. The molecular formula is C29H47N5O11. The van der Waals surface area contributed by atoms with E-state index in [4.69, 9.17) is 4.74 Å². The van der Waals surface area contributed by atoms with Crippen LogP contribution in [0.15, 0.2) is 0 Å². The number of amides is 5. The number of Topliss-reactive ketones (excluding diaryl/α,β-unsaturated/α-hetero) is 1. The third kappa shape index (κ3) is 12.7. The Bertz CT molecular complexity index is 1090. The molecule has 0 saturated carbocycles. The van der Waals surface area contributed by atoms with Crippen molar-refractivity contribution in [2.45, 2.75) is 90.9 Å². The van der Waals surface area contributed by atoms with Crippen LogP contribution < -0.4 is 21.3 Å². The smallest absolute Gasteiger partial charge is 0.407 e.